The summed E-state index contributed by atoms with van der Waals surface area (Å²) in [5.74, 6) is -6.26. The molecule has 2 aromatic carbocycles. The van der Waals surface area contributed by atoms with Gasteiger partial charge in [0.1, 0.15) is 11.8 Å². The third kappa shape index (κ3) is 5.93. The molecule has 0 aliphatic carbocycles. The number of carbonyl (C=O) groups excluding carboxylic acids is 1. The van der Waals surface area contributed by atoms with Gasteiger partial charge in [-0.05, 0) is 32.2 Å². The number of aromatic nitrogens is 4. The van der Waals surface area contributed by atoms with Crippen LogP contribution in [0.5, 0.6) is 5.75 Å². The Morgan fingerprint density at radius 1 is 1.22 bits per heavy atom. The molecule has 0 spiro atoms. The standard InChI is InChI=1S/C27H29F4N6O8P/c1-13(2)43-23(40)14(3)36-46(41,45-17-10-6-8-15-7-4-5-9-16(15)17)42-11-26(24(28)29)27(30,31)19(38)22(44-26)37-12-33-18-20(37)34-25(32)35-21(18)39/h4-10,12-14,19,22,24,38H,11H2,1-3H3,(H,36,41)(H3,32,34,35,39)/t14-,19+,22+,26-,46-/m0/s1. The number of nitrogen functional groups attached to an aromatic ring is 1. The highest BCUT2D eigenvalue weighted by molar-refractivity contribution is 7.52. The minimum Gasteiger partial charge on any atom is -0.462 e. The van der Waals surface area contributed by atoms with Gasteiger partial charge in [0.15, 0.2) is 23.5 Å². The molecule has 0 unspecified atom stereocenters. The molecular weight excluding hydrogens is 643 g/mol. The van der Waals surface area contributed by atoms with Gasteiger partial charge in [-0.2, -0.15) is 18.9 Å². The van der Waals surface area contributed by atoms with Crippen LogP contribution in [0, 0.1) is 0 Å². The van der Waals surface area contributed by atoms with Gasteiger partial charge in [-0.15, -0.1) is 0 Å². The molecule has 248 valence electrons. The second-order valence-electron chi connectivity index (χ2n) is 10.7. The van der Waals surface area contributed by atoms with Crippen LogP contribution in [0.4, 0.5) is 23.5 Å². The number of ether oxygens (including phenoxy) is 2. The van der Waals surface area contributed by atoms with E-state index in [4.69, 9.17) is 24.3 Å². The van der Waals surface area contributed by atoms with E-state index in [1.54, 1.807) is 44.2 Å². The molecule has 5 atom stereocenters. The first-order chi connectivity index (χ1) is 21.6. The minimum atomic E-state index is -5.01. The number of aromatic amines is 1. The molecule has 4 aromatic rings. The van der Waals surface area contributed by atoms with Gasteiger partial charge in [0, 0.05) is 5.39 Å². The lowest BCUT2D eigenvalue weighted by molar-refractivity contribution is -0.241. The zero-order valence-electron chi connectivity index (χ0n) is 24.4. The van der Waals surface area contributed by atoms with Crippen LogP contribution in [0.3, 0.4) is 0 Å². The molecule has 19 heteroatoms. The Hall–Kier alpha value is -4.09. The predicted molar refractivity (Wildman–Crippen MR) is 154 cm³/mol. The first-order valence-corrected chi connectivity index (χ1v) is 15.3. The summed E-state index contributed by atoms with van der Waals surface area (Å²) in [7, 11) is -5.01. The molecule has 1 fully saturated rings. The van der Waals surface area contributed by atoms with E-state index >= 15 is 8.78 Å². The average Bonchev–Trinajstić information content (AvgIpc) is 3.48. The maximum atomic E-state index is 15.7. The van der Waals surface area contributed by atoms with Crippen molar-refractivity contribution in [2.75, 3.05) is 12.3 Å². The zero-order valence-corrected chi connectivity index (χ0v) is 25.3. The highest BCUT2D eigenvalue weighted by Crippen LogP contribution is 2.55. The van der Waals surface area contributed by atoms with Gasteiger partial charge in [0.25, 0.3) is 12.0 Å². The maximum absolute atomic E-state index is 15.7. The Kier molecular flexibility index (Phi) is 8.87. The van der Waals surface area contributed by atoms with Gasteiger partial charge in [0.2, 0.25) is 11.5 Å². The van der Waals surface area contributed by atoms with Gasteiger partial charge in [-0.25, -0.2) is 18.3 Å². The molecule has 5 rings (SSSR count). The number of nitrogens with zero attached hydrogens (tertiary/aromatic N) is 3. The largest absolute Gasteiger partial charge is 0.462 e. The molecule has 3 heterocycles. The number of esters is 1. The topological polar surface area (TPSA) is 193 Å². The number of carbonyl (C=O) groups is 1. The normalized spacial score (nSPS) is 23.2. The van der Waals surface area contributed by atoms with Crippen LogP contribution in [0.1, 0.15) is 27.0 Å². The number of nitrogens with two attached hydrogens (primary N) is 1. The highest BCUT2D eigenvalue weighted by atomic mass is 31.2. The fourth-order valence-corrected chi connectivity index (χ4v) is 6.36. The number of fused-ring (bicyclic) bond motifs is 2. The van der Waals surface area contributed by atoms with Crippen molar-refractivity contribution < 1.29 is 50.5 Å². The second kappa shape index (κ2) is 12.3. The fraction of sp³-hybridized carbons (Fsp3) is 0.407. The summed E-state index contributed by atoms with van der Waals surface area (Å²) in [4.78, 5) is 34.4. The molecular formula is C27H29F4N6O8P. The van der Waals surface area contributed by atoms with Crippen molar-refractivity contribution in [1.82, 2.24) is 24.6 Å². The Labute approximate surface area is 257 Å². The molecule has 1 aliphatic rings. The molecule has 1 aliphatic heterocycles. The van der Waals surface area contributed by atoms with Crippen molar-refractivity contribution in [2.24, 2.45) is 0 Å². The molecule has 1 saturated heterocycles. The van der Waals surface area contributed by atoms with Crippen LogP contribution in [-0.4, -0.2) is 73.4 Å². The number of aliphatic hydroxyl groups is 1. The maximum Gasteiger partial charge on any atom is 0.459 e. The Morgan fingerprint density at radius 2 is 1.91 bits per heavy atom. The minimum absolute atomic E-state index is 0.0970. The van der Waals surface area contributed by atoms with E-state index in [1.807, 2.05) is 0 Å². The number of hydrogen-bond acceptors (Lipinski definition) is 11. The molecule has 5 N–H and O–H groups in total. The monoisotopic (exact) mass is 672 g/mol. The molecule has 0 radical (unpaired) electrons. The number of aliphatic hydroxyl groups excluding tert-OH is 1. The predicted octanol–water partition coefficient (Wildman–Crippen LogP) is 3.52. The Bertz CT molecular complexity index is 1870. The van der Waals surface area contributed by atoms with Crippen molar-refractivity contribution in [3.8, 4) is 5.75 Å². The van der Waals surface area contributed by atoms with E-state index < -0.39 is 85.4 Å². The number of alkyl halides is 4. The van der Waals surface area contributed by atoms with Crippen molar-refractivity contribution in [2.45, 2.75) is 63.2 Å². The Balaban J connectivity index is 1.52. The van der Waals surface area contributed by atoms with E-state index in [2.05, 4.69) is 20.0 Å². The number of rotatable bonds is 11. The number of anilines is 1. The summed E-state index contributed by atoms with van der Waals surface area (Å²) < 4.78 is 96.8. The molecule has 0 amide bonds. The number of nitrogens with one attached hydrogen (secondary N) is 2. The van der Waals surface area contributed by atoms with E-state index in [0.29, 0.717) is 15.3 Å². The van der Waals surface area contributed by atoms with Crippen molar-refractivity contribution in [3.63, 3.8) is 0 Å². The second-order valence-corrected chi connectivity index (χ2v) is 12.4. The number of imidazole rings is 1. The highest BCUT2D eigenvalue weighted by Gasteiger charge is 2.74. The molecule has 2 aromatic heterocycles. The molecule has 46 heavy (non-hydrogen) atoms. The quantitative estimate of drug-likeness (QED) is 0.103. The smallest absolute Gasteiger partial charge is 0.459 e. The van der Waals surface area contributed by atoms with E-state index in [9.17, 15) is 28.0 Å². The van der Waals surface area contributed by atoms with Crippen LogP contribution < -0.4 is 20.9 Å². The van der Waals surface area contributed by atoms with Crippen LogP contribution in [-0.2, 0) is 23.4 Å². The summed E-state index contributed by atoms with van der Waals surface area (Å²) >= 11 is 0. The third-order valence-corrected chi connectivity index (χ3v) is 8.70. The third-order valence-electron chi connectivity index (χ3n) is 7.09. The first-order valence-electron chi connectivity index (χ1n) is 13.7. The number of benzene rings is 2. The molecule has 14 nitrogen and oxygen atoms in total. The number of hydrogen-bond donors (Lipinski definition) is 4. The van der Waals surface area contributed by atoms with Crippen molar-refractivity contribution >= 4 is 41.6 Å². The van der Waals surface area contributed by atoms with Gasteiger partial charge >= 0.3 is 19.6 Å². The van der Waals surface area contributed by atoms with E-state index in [-0.39, 0.29) is 5.75 Å². The zero-order chi connectivity index (χ0) is 33.6. The van der Waals surface area contributed by atoms with Crippen molar-refractivity contribution in [1.29, 1.82) is 0 Å². The van der Waals surface area contributed by atoms with Crippen LogP contribution >= 0.6 is 7.75 Å². The number of H-pyrrole nitrogens is 1. The lowest BCUT2D eigenvalue weighted by Crippen LogP contribution is -2.57. The number of halogens is 4. The van der Waals surface area contributed by atoms with E-state index in [0.717, 1.165) is 6.33 Å². The summed E-state index contributed by atoms with van der Waals surface area (Å²) in [6, 6.07) is 9.76. The van der Waals surface area contributed by atoms with Crippen LogP contribution in [0.15, 0.2) is 53.6 Å². The van der Waals surface area contributed by atoms with Crippen LogP contribution in [0.2, 0.25) is 0 Å². The van der Waals surface area contributed by atoms with Gasteiger partial charge in [-0.1, -0.05) is 36.4 Å². The fourth-order valence-electron chi connectivity index (χ4n) is 4.82. The summed E-state index contributed by atoms with van der Waals surface area (Å²) in [5, 5.41) is 13.9. The SMILES string of the molecule is CC(C)OC(=O)[C@H](C)N[P@](=O)(OC[C@@]1(C(F)F)O[C@@H](n2cnc3c(=O)[nH]c(N)nc32)[C@@H](O)C1(F)F)Oc1cccc2ccccc12. The first kappa shape index (κ1) is 33.3. The van der Waals surface area contributed by atoms with Crippen molar-refractivity contribution in [3.05, 3.63) is 59.1 Å². The lowest BCUT2D eigenvalue weighted by atomic mass is 9.95. The average molecular weight is 673 g/mol. The Morgan fingerprint density at radius 3 is 2.61 bits per heavy atom. The summed E-state index contributed by atoms with van der Waals surface area (Å²) in [6.07, 6.45) is -9.15. The van der Waals surface area contributed by atoms with Gasteiger partial charge in [0.05, 0.1) is 19.0 Å². The lowest BCUT2D eigenvalue weighted by Gasteiger charge is -2.34. The van der Waals surface area contributed by atoms with E-state index in [1.165, 1.54) is 19.1 Å². The van der Waals surface area contributed by atoms with Gasteiger partial charge in [-0.3, -0.25) is 23.7 Å². The van der Waals surface area contributed by atoms with Crippen LogP contribution in [0.25, 0.3) is 21.9 Å². The molecule has 0 saturated carbocycles. The molecule has 0 bridgehead atoms. The summed E-state index contributed by atoms with van der Waals surface area (Å²) in [5.41, 5.74) is -0.126. The summed E-state index contributed by atoms with van der Waals surface area (Å²) in [6.45, 7) is 2.48. The van der Waals surface area contributed by atoms with Gasteiger partial charge < -0.3 is 24.8 Å².